The highest BCUT2D eigenvalue weighted by Crippen LogP contribution is 2.35. The van der Waals surface area contributed by atoms with Gasteiger partial charge >= 0.3 is 6.18 Å². The van der Waals surface area contributed by atoms with Gasteiger partial charge in [0.1, 0.15) is 26.2 Å². The molecule has 2 aromatic heterocycles. The highest BCUT2D eigenvalue weighted by atomic mass is 35.5. The lowest BCUT2D eigenvalue weighted by atomic mass is 10.1. The van der Waals surface area contributed by atoms with Crippen molar-refractivity contribution in [2.24, 2.45) is 0 Å². The van der Waals surface area contributed by atoms with E-state index in [1.165, 1.54) is 12.1 Å². The quantitative estimate of drug-likeness (QED) is 0.525. The van der Waals surface area contributed by atoms with Crippen molar-refractivity contribution in [2.45, 2.75) is 6.18 Å². The minimum absolute atomic E-state index is 0. The summed E-state index contributed by atoms with van der Waals surface area (Å²) in [6, 6.07) is 3.89. The van der Waals surface area contributed by atoms with Crippen LogP contribution >= 0.6 is 0 Å². The van der Waals surface area contributed by atoms with Crippen molar-refractivity contribution in [3.63, 3.8) is 0 Å². The second-order valence-electron chi connectivity index (χ2n) is 5.05. The van der Waals surface area contributed by atoms with Crippen molar-refractivity contribution in [2.75, 3.05) is 36.8 Å². The Morgan fingerprint density at radius 3 is 2.43 bits per heavy atom. The number of nitrogen functional groups attached to an aromatic ring is 1. The SMILES string of the molecule is Nc1ccc2c(C(F)(F)F)cc(N3CC[NH2+]CC3)[nH+]c2n1.[Cl-].[Cl-]. The average molecular weight is 370 g/mol. The Labute approximate surface area is 143 Å². The van der Waals surface area contributed by atoms with E-state index in [-0.39, 0.29) is 41.7 Å². The topological polar surface area (TPSA) is 72.9 Å². The number of aromatic amines is 1. The molecule has 5 nitrogen and oxygen atoms in total. The number of piperazine rings is 1. The van der Waals surface area contributed by atoms with E-state index in [9.17, 15) is 13.2 Å². The molecule has 3 heterocycles. The van der Waals surface area contributed by atoms with Gasteiger partial charge in [-0.3, -0.25) is 4.90 Å². The smallest absolute Gasteiger partial charge is 0.417 e. The minimum Gasteiger partial charge on any atom is -1.00 e. The Morgan fingerprint density at radius 1 is 1.17 bits per heavy atom. The molecule has 0 aromatic carbocycles. The summed E-state index contributed by atoms with van der Waals surface area (Å²) in [4.78, 5) is 8.87. The first-order chi connectivity index (χ1) is 9.95. The summed E-state index contributed by atoms with van der Waals surface area (Å²) in [5.41, 5.74) is 5.06. The van der Waals surface area contributed by atoms with E-state index in [0.29, 0.717) is 18.9 Å². The lowest BCUT2D eigenvalue weighted by Crippen LogP contribution is -3.00. The molecule has 1 fully saturated rings. The summed E-state index contributed by atoms with van der Waals surface area (Å²) < 4.78 is 39.8. The molecule has 1 saturated heterocycles. The molecule has 1 aliphatic rings. The number of hydrogen-bond donors (Lipinski definition) is 2. The zero-order valence-corrected chi connectivity index (χ0v) is 13.5. The Balaban J connectivity index is 0.00000132. The van der Waals surface area contributed by atoms with E-state index in [4.69, 9.17) is 5.73 Å². The highest BCUT2D eigenvalue weighted by Gasteiger charge is 2.36. The Kier molecular flexibility index (Phi) is 6.26. The van der Waals surface area contributed by atoms with Crippen molar-refractivity contribution >= 4 is 22.7 Å². The molecule has 0 amide bonds. The number of halogens is 5. The molecule has 2 aromatic rings. The van der Waals surface area contributed by atoms with Crippen LogP contribution in [0.25, 0.3) is 11.0 Å². The standard InChI is InChI=1S/C13H14F3N5.2ClH/c14-13(15,16)9-7-11(21-5-3-18-4-6-21)20-12-8(9)1-2-10(17)19-12;;/h1-2,7,18H,3-6H2,(H2,17,19,20);2*1H. The second-order valence-corrected chi connectivity index (χ2v) is 5.05. The van der Waals surface area contributed by atoms with Gasteiger partial charge in [0.15, 0.2) is 0 Å². The van der Waals surface area contributed by atoms with Crippen LogP contribution in [0.5, 0.6) is 0 Å². The number of H-pyrrole nitrogens is 1. The van der Waals surface area contributed by atoms with Gasteiger partial charge in [0.25, 0.3) is 5.65 Å². The molecule has 0 aliphatic carbocycles. The van der Waals surface area contributed by atoms with Crippen LogP contribution < -0.4 is 45.7 Å². The van der Waals surface area contributed by atoms with Crippen molar-refractivity contribution < 1.29 is 48.3 Å². The zero-order valence-electron chi connectivity index (χ0n) is 12.0. The van der Waals surface area contributed by atoms with E-state index in [1.807, 2.05) is 4.90 Å². The van der Waals surface area contributed by atoms with E-state index < -0.39 is 11.7 Å². The molecule has 23 heavy (non-hydrogen) atoms. The van der Waals surface area contributed by atoms with Gasteiger partial charge in [-0.15, -0.1) is 0 Å². The maximum absolute atomic E-state index is 13.3. The first kappa shape index (κ1) is 19.5. The molecule has 3 rings (SSSR count). The Hall–Kier alpha value is -1.51. The maximum atomic E-state index is 13.3. The molecule has 10 heteroatoms. The van der Waals surface area contributed by atoms with Gasteiger partial charge in [0, 0.05) is 6.07 Å². The number of quaternary nitrogens is 1. The van der Waals surface area contributed by atoms with E-state index in [0.717, 1.165) is 19.2 Å². The van der Waals surface area contributed by atoms with Crippen molar-refractivity contribution in [3.8, 4) is 0 Å². The van der Waals surface area contributed by atoms with Gasteiger partial charge in [-0.1, -0.05) is 4.98 Å². The van der Waals surface area contributed by atoms with Crippen LogP contribution in [0, 0.1) is 0 Å². The number of aromatic nitrogens is 2. The summed E-state index contributed by atoms with van der Waals surface area (Å²) in [5.74, 6) is 0.622. The first-order valence-electron chi connectivity index (χ1n) is 6.71. The van der Waals surface area contributed by atoms with Gasteiger partial charge in [-0.2, -0.15) is 13.2 Å². The summed E-state index contributed by atoms with van der Waals surface area (Å²) >= 11 is 0. The van der Waals surface area contributed by atoms with Gasteiger partial charge < -0.3 is 35.9 Å². The molecule has 0 atom stereocenters. The fraction of sp³-hybridized carbons (Fsp3) is 0.385. The third-order valence-corrected chi connectivity index (χ3v) is 3.59. The lowest BCUT2D eigenvalue weighted by Gasteiger charge is -2.22. The number of fused-ring (bicyclic) bond motifs is 1. The van der Waals surface area contributed by atoms with Crippen molar-refractivity contribution in [3.05, 3.63) is 23.8 Å². The van der Waals surface area contributed by atoms with Gasteiger partial charge in [-0.25, -0.2) is 4.98 Å². The number of alkyl halides is 3. The monoisotopic (exact) mass is 369 g/mol. The Morgan fingerprint density at radius 2 is 1.83 bits per heavy atom. The molecule has 1 aliphatic heterocycles. The van der Waals surface area contributed by atoms with Crippen LogP contribution in [0.15, 0.2) is 18.2 Å². The number of rotatable bonds is 1. The van der Waals surface area contributed by atoms with Crippen LogP contribution in [0.3, 0.4) is 0 Å². The molecule has 0 saturated carbocycles. The van der Waals surface area contributed by atoms with Crippen LogP contribution in [0.2, 0.25) is 0 Å². The molecule has 0 spiro atoms. The van der Waals surface area contributed by atoms with Crippen LogP contribution in [0.1, 0.15) is 5.56 Å². The number of nitrogens with two attached hydrogens (primary N) is 2. The predicted molar refractivity (Wildman–Crippen MR) is 71.6 cm³/mol. The van der Waals surface area contributed by atoms with E-state index >= 15 is 0 Å². The number of nitrogens with zero attached hydrogens (tertiary/aromatic N) is 2. The largest absolute Gasteiger partial charge is 1.00 e. The zero-order chi connectivity index (χ0) is 15.0. The first-order valence-corrected chi connectivity index (χ1v) is 6.71. The molecule has 5 N–H and O–H groups in total. The number of anilines is 2. The normalized spacial score (nSPS) is 15.0. The summed E-state index contributed by atoms with van der Waals surface area (Å²) in [5, 5.41) is 2.17. The second kappa shape index (κ2) is 7.37. The lowest BCUT2D eigenvalue weighted by molar-refractivity contribution is -0.656. The number of hydrogen-bond acceptors (Lipinski definition) is 3. The van der Waals surface area contributed by atoms with Crippen LogP contribution in [0.4, 0.5) is 24.8 Å². The summed E-state index contributed by atoms with van der Waals surface area (Å²) in [6.07, 6.45) is -4.43. The van der Waals surface area contributed by atoms with Crippen molar-refractivity contribution in [1.29, 1.82) is 0 Å². The van der Waals surface area contributed by atoms with Gasteiger partial charge in [-0.05, 0) is 12.1 Å². The third-order valence-electron chi connectivity index (χ3n) is 3.59. The molecule has 0 bridgehead atoms. The fourth-order valence-electron chi connectivity index (χ4n) is 2.55. The highest BCUT2D eigenvalue weighted by molar-refractivity contribution is 5.79. The Bertz CT molecular complexity index is 674. The summed E-state index contributed by atoms with van der Waals surface area (Å²) in [6.45, 7) is 3.11. The third kappa shape index (κ3) is 4.07. The van der Waals surface area contributed by atoms with Crippen LogP contribution in [-0.2, 0) is 6.18 Å². The molecular formula is C13H16Cl2F3N5. The van der Waals surface area contributed by atoms with Crippen LogP contribution in [-0.4, -0.2) is 31.2 Å². The van der Waals surface area contributed by atoms with E-state index in [2.05, 4.69) is 15.3 Å². The molecule has 128 valence electrons. The van der Waals surface area contributed by atoms with E-state index in [1.54, 1.807) is 0 Å². The predicted octanol–water partition coefficient (Wildman–Crippen LogP) is -5.96. The van der Waals surface area contributed by atoms with Crippen molar-refractivity contribution in [1.82, 2.24) is 4.98 Å². The summed E-state index contributed by atoms with van der Waals surface area (Å²) in [7, 11) is 0. The molecule has 0 radical (unpaired) electrons. The number of pyridine rings is 2. The average Bonchev–Trinajstić information content (AvgIpc) is 2.45. The maximum Gasteiger partial charge on any atom is 0.417 e. The fourth-order valence-corrected chi connectivity index (χ4v) is 2.55. The van der Waals surface area contributed by atoms with Gasteiger partial charge in [0.2, 0.25) is 11.6 Å². The van der Waals surface area contributed by atoms with Gasteiger partial charge in [0.05, 0.1) is 10.9 Å². The minimum atomic E-state index is -4.43. The molecule has 0 unspecified atom stereocenters. The number of nitrogens with one attached hydrogen (secondary N) is 1. The molecular weight excluding hydrogens is 354 g/mol.